The van der Waals surface area contributed by atoms with Gasteiger partial charge in [-0.1, -0.05) is 24.3 Å². The summed E-state index contributed by atoms with van der Waals surface area (Å²) in [5.41, 5.74) is 5.78. The molecule has 1 aliphatic heterocycles. The van der Waals surface area contributed by atoms with Crippen molar-refractivity contribution in [2.45, 2.75) is 19.4 Å². The molecule has 0 aliphatic carbocycles. The second-order valence-corrected chi connectivity index (χ2v) is 7.58. The highest BCUT2D eigenvalue weighted by molar-refractivity contribution is 6.08. The minimum Gasteiger partial charge on any atom is -0.381 e. The Balaban J connectivity index is 1.44. The molecule has 4 aromatic rings. The summed E-state index contributed by atoms with van der Waals surface area (Å²) in [6.45, 7) is 2.84. The number of amides is 1. The monoisotopic (exact) mass is 380 g/mol. The number of carbonyl (C=O) groups is 1. The molecule has 1 atom stereocenters. The Kier molecular flexibility index (Phi) is 4.32. The molecule has 4 nitrogen and oxygen atoms in total. The number of aromatic nitrogens is 1. The van der Waals surface area contributed by atoms with Gasteiger partial charge in [-0.05, 0) is 78.4 Å². The van der Waals surface area contributed by atoms with Crippen molar-refractivity contribution < 1.29 is 4.79 Å². The summed E-state index contributed by atoms with van der Waals surface area (Å²) in [5, 5.41) is 4.66. The number of anilines is 2. The van der Waals surface area contributed by atoms with Gasteiger partial charge in [0, 0.05) is 29.9 Å². The molecule has 5 rings (SSSR count). The van der Waals surface area contributed by atoms with E-state index in [4.69, 9.17) is 0 Å². The van der Waals surface area contributed by atoms with Crippen LogP contribution in [0.25, 0.3) is 22.0 Å². The Hall–Kier alpha value is -3.53. The number of fused-ring (bicyclic) bond motifs is 2. The van der Waals surface area contributed by atoms with Crippen molar-refractivity contribution in [2.75, 3.05) is 16.8 Å². The molecule has 2 heterocycles. The van der Waals surface area contributed by atoms with E-state index in [9.17, 15) is 4.79 Å². The van der Waals surface area contributed by atoms with Crippen molar-refractivity contribution in [3.63, 3.8) is 0 Å². The highest BCUT2D eigenvalue weighted by Gasteiger charge is 2.24. The first-order valence-electron chi connectivity index (χ1n) is 9.96. The molecule has 1 unspecified atom stereocenters. The van der Waals surface area contributed by atoms with Gasteiger partial charge in [0.15, 0.2) is 0 Å². The van der Waals surface area contributed by atoms with Gasteiger partial charge < -0.3 is 15.2 Å². The van der Waals surface area contributed by atoms with Crippen LogP contribution in [0.3, 0.4) is 0 Å². The highest BCUT2D eigenvalue weighted by Crippen LogP contribution is 2.31. The van der Waals surface area contributed by atoms with Crippen LogP contribution in [0.5, 0.6) is 0 Å². The molecule has 143 valence electrons. The highest BCUT2D eigenvalue weighted by atomic mass is 16.2. The summed E-state index contributed by atoms with van der Waals surface area (Å²) in [6, 6.07) is 25.7. The van der Waals surface area contributed by atoms with Crippen LogP contribution in [0, 0.1) is 6.07 Å². The predicted octanol–water partition coefficient (Wildman–Crippen LogP) is 5.49. The van der Waals surface area contributed by atoms with Gasteiger partial charge in [-0.2, -0.15) is 0 Å². The van der Waals surface area contributed by atoms with Gasteiger partial charge in [0.1, 0.15) is 0 Å². The maximum Gasteiger partial charge on any atom is 0.258 e. The third-order valence-electron chi connectivity index (χ3n) is 5.55. The van der Waals surface area contributed by atoms with Crippen molar-refractivity contribution >= 4 is 28.2 Å². The third kappa shape index (κ3) is 3.27. The number of nitrogens with zero attached hydrogens (tertiary/aromatic N) is 1. The Morgan fingerprint density at radius 2 is 2.00 bits per heavy atom. The molecule has 1 amide bonds. The number of benzene rings is 3. The standard InChI is InChI=1S/C25H22N3O/c1-17-13-15-28(24-5-3-2-4-23(24)27-17)25(29)19-8-6-18(7-9-19)20-10-11-22-21(16-20)12-14-26-22/h2-6,8-12,14,16-17,26-27H,13,15H2,1H3. The minimum absolute atomic E-state index is 0.0113. The van der Waals surface area contributed by atoms with E-state index in [1.54, 1.807) is 0 Å². The van der Waals surface area contributed by atoms with E-state index < -0.39 is 0 Å². The first-order valence-corrected chi connectivity index (χ1v) is 9.96. The summed E-state index contributed by atoms with van der Waals surface area (Å²) in [7, 11) is 0. The number of hydrogen-bond acceptors (Lipinski definition) is 2. The summed E-state index contributed by atoms with van der Waals surface area (Å²) >= 11 is 0. The number of carbonyl (C=O) groups excluding carboxylic acids is 1. The Bertz CT molecular complexity index is 1180. The van der Waals surface area contributed by atoms with Crippen LogP contribution in [0.2, 0.25) is 0 Å². The second kappa shape index (κ2) is 7.13. The summed E-state index contributed by atoms with van der Waals surface area (Å²) in [5.74, 6) is 0.0113. The van der Waals surface area contributed by atoms with Gasteiger partial charge in [-0.25, -0.2) is 0 Å². The van der Waals surface area contributed by atoms with E-state index >= 15 is 0 Å². The first-order chi connectivity index (χ1) is 14.2. The van der Waals surface area contributed by atoms with E-state index in [2.05, 4.69) is 47.6 Å². The van der Waals surface area contributed by atoms with Gasteiger partial charge >= 0.3 is 0 Å². The topological polar surface area (TPSA) is 48.1 Å². The Labute approximate surface area is 170 Å². The maximum absolute atomic E-state index is 13.3. The number of nitrogens with one attached hydrogen (secondary N) is 2. The molecule has 0 bridgehead atoms. The summed E-state index contributed by atoms with van der Waals surface area (Å²) < 4.78 is 0. The average Bonchev–Trinajstić information content (AvgIpc) is 3.15. The zero-order chi connectivity index (χ0) is 19.8. The second-order valence-electron chi connectivity index (χ2n) is 7.58. The van der Waals surface area contributed by atoms with Crippen LogP contribution in [-0.2, 0) is 0 Å². The zero-order valence-electron chi connectivity index (χ0n) is 16.3. The van der Waals surface area contributed by atoms with Crippen LogP contribution in [0.15, 0.2) is 72.9 Å². The van der Waals surface area contributed by atoms with Crippen LogP contribution in [0.1, 0.15) is 23.7 Å². The van der Waals surface area contributed by atoms with Crippen LogP contribution in [0.4, 0.5) is 11.4 Å². The van der Waals surface area contributed by atoms with E-state index in [1.807, 2.05) is 53.6 Å². The minimum atomic E-state index is 0.0113. The lowest BCUT2D eigenvalue weighted by Gasteiger charge is -2.22. The molecule has 0 saturated heterocycles. The normalized spacial score (nSPS) is 16.2. The molecule has 1 radical (unpaired) electrons. The van der Waals surface area contributed by atoms with Crippen molar-refractivity contribution in [2.24, 2.45) is 0 Å². The summed E-state index contributed by atoms with van der Waals surface area (Å²) in [6.07, 6.45) is 2.84. The van der Waals surface area contributed by atoms with Crippen LogP contribution < -0.4 is 10.2 Å². The van der Waals surface area contributed by atoms with Gasteiger partial charge in [0.2, 0.25) is 0 Å². The van der Waals surface area contributed by atoms with E-state index in [-0.39, 0.29) is 5.91 Å². The molecule has 0 saturated carbocycles. The quantitative estimate of drug-likeness (QED) is 0.483. The lowest BCUT2D eigenvalue weighted by molar-refractivity contribution is 0.0987. The molecule has 2 N–H and O–H groups in total. The molecule has 0 spiro atoms. The number of H-pyrrole nitrogens is 1. The SMILES string of the molecule is CC1CCN(C(=O)c2c[c]c(-c3ccc4[nH]ccc4c3)cc2)c2ccccc2N1. The molecular weight excluding hydrogens is 358 g/mol. The zero-order valence-corrected chi connectivity index (χ0v) is 16.3. The number of para-hydroxylation sites is 2. The molecule has 1 aromatic heterocycles. The van der Waals surface area contributed by atoms with Crippen LogP contribution >= 0.6 is 0 Å². The molecule has 1 aliphatic rings. The van der Waals surface area contributed by atoms with Crippen molar-refractivity contribution in [1.29, 1.82) is 0 Å². The first kappa shape index (κ1) is 17.6. The maximum atomic E-state index is 13.3. The molecular formula is C25H22N3O. The lowest BCUT2D eigenvalue weighted by Crippen LogP contribution is -2.32. The molecule has 29 heavy (non-hydrogen) atoms. The average molecular weight is 380 g/mol. The summed E-state index contributed by atoms with van der Waals surface area (Å²) in [4.78, 5) is 18.4. The fourth-order valence-electron chi connectivity index (χ4n) is 3.94. The Morgan fingerprint density at radius 1 is 1.10 bits per heavy atom. The van der Waals surface area contributed by atoms with Crippen molar-refractivity contribution in [1.82, 2.24) is 4.98 Å². The van der Waals surface area contributed by atoms with E-state index in [0.717, 1.165) is 34.4 Å². The smallest absolute Gasteiger partial charge is 0.258 e. The fraction of sp³-hybridized carbons (Fsp3) is 0.160. The largest absolute Gasteiger partial charge is 0.381 e. The lowest BCUT2D eigenvalue weighted by atomic mass is 10.0. The molecule has 3 aromatic carbocycles. The molecule has 0 fully saturated rings. The third-order valence-corrected chi connectivity index (χ3v) is 5.55. The predicted molar refractivity (Wildman–Crippen MR) is 118 cm³/mol. The van der Waals surface area contributed by atoms with Crippen molar-refractivity contribution in [3.8, 4) is 11.1 Å². The van der Waals surface area contributed by atoms with Gasteiger partial charge in [0.05, 0.1) is 11.4 Å². The van der Waals surface area contributed by atoms with Crippen LogP contribution in [-0.4, -0.2) is 23.5 Å². The van der Waals surface area contributed by atoms with E-state index in [0.29, 0.717) is 18.2 Å². The number of rotatable bonds is 2. The van der Waals surface area contributed by atoms with Gasteiger partial charge in [-0.15, -0.1) is 0 Å². The van der Waals surface area contributed by atoms with E-state index in [1.165, 1.54) is 5.39 Å². The number of hydrogen-bond donors (Lipinski definition) is 2. The van der Waals surface area contributed by atoms with Gasteiger partial charge in [0.25, 0.3) is 5.91 Å². The molecule has 4 heteroatoms. The fourth-order valence-corrected chi connectivity index (χ4v) is 3.94. The Morgan fingerprint density at radius 3 is 2.86 bits per heavy atom. The number of aromatic amines is 1. The van der Waals surface area contributed by atoms with Crippen molar-refractivity contribution in [3.05, 3.63) is 84.6 Å². The van der Waals surface area contributed by atoms with Gasteiger partial charge in [-0.3, -0.25) is 4.79 Å².